The quantitative estimate of drug-likeness (QED) is 0.338. The summed E-state index contributed by atoms with van der Waals surface area (Å²) >= 11 is 1.76. The number of ether oxygens (including phenoxy) is 1. The second-order valence-corrected chi connectivity index (χ2v) is 9.07. The van der Waals surface area contributed by atoms with Crippen LogP contribution >= 0.6 is 11.3 Å². The maximum Gasteiger partial charge on any atom is 0.251 e. The van der Waals surface area contributed by atoms with Crippen molar-refractivity contribution in [2.75, 3.05) is 7.11 Å². The lowest BCUT2D eigenvalue weighted by Gasteiger charge is -2.27. The minimum Gasteiger partial charge on any atom is -0.497 e. The van der Waals surface area contributed by atoms with Crippen molar-refractivity contribution in [3.05, 3.63) is 99.8 Å². The molecule has 4 aromatic rings. The highest BCUT2D eigenvalue weighted by Crippen LogP contribution is 2.20. The molecule has 7 nitrogen and oxygen atoms in total. The fourth-order valence-corrected chi connectivity index (χ4v) is 4.46. The van der Waals surface area contributed by atoms with E-state index < -0.39 is 0 Å². The first-order chi connectivity index (χ1) is 16.6. The van der Waals surface area contributed by atoms with Gasteiger partial charge in [-0.3, -0.25) is 9.69 Å². The molecule has 2 aromatic carbocycles. The molecule has 0 fully saturated rings. The van der Waals surface area contributed by atoms with E-state index >= 15 is 0 Å². The van der Waals surface area contributed by atoms with Gasteiger partial charge in [0.05, 0.1) is 20.2 Å². The molecule has 2 heterocycles. The molecular weight excluding hydrogens is 448 g/mol. The van der Waals surface area contributed by atoms with E-state index in [0.29, 0.717) is 23.8 Å². The van der Waals surface area contributed by atoms with Gasteiger partial charge in [0.25, 0.3) is 5.91 Å². The molecule has 0 saturated heterocycles. The van der Waals surface area contributed by atoms with Crippen molar-refractivity contribution in [2.24, 2.45) is 0 Å². The van der Waals surface area contributed by atoms with Crippen molar-refractivity contribution in [3.63, 3.8) is 0 Å². The standard InChI is InChI=1S/C26H28N4O3S/c1-19(15-23-9-6-14-34-23)30(17-20-10-12-22(32-2)13-11-20)18-25-28-24(29-33-25)16-27-26(31)21-7-4-3-5-8-21/h3-14,19H,15-18H2,1-2H3,(H,27,31)/t19-/m1/s1. The van der Waals surface area contributed by atoms with Crippen LogP contribution in [0.3, 0.4) is 0 Å². The van der Waals surface area contributed by atoms with E-state index in [9.17, 15) is 4.79 Å². The van der Waals surface area contributed by atoms with Crippen LogP contribution in [-0.2, 0) is 26.1 Å². The number of amides is 1. The Kier molecular flexibility index (Phi) is 8.06. The highest BCUT2D eigenvalue weighted by molar-refractivity contribution is 7.09. The van der Waals surface area contributed by atoms with Crippen LogP contribution in [-0.4, -0.2) is 34.1 Å². The Hall–Kier alpha value is -3.49. The second-order valence-electron chi connectivity index (χ2n) is 8.04. The molecule has 2 aromatic heterocycles. The highest BCUT2D eigenvalue weighted by Gasteiger charge is 2.19. The third-order valence-electron chi connectivity index (χ3n) is 5.54. The largest absolute Gasteiger partial charge is 0.497 e. The number of nitrogens with one attached hydrogen (secondary N) is 1. The van der Waals surface area contributed by atoms with E-state index in [1.807, 2.05) is 30.3 Å². The van der Waals surface area contributed by atoms with Crippen LogP contribution in [0.2, 0.25) is 0 Å². The lowest BCUT2D eigenvalue weighted by Crippen LogP contribution is -2.33. The molecule has 34 heavy (non-hydrogen) atoms. The summed E-state index contributed by atoms with van der Waals surface area (Å²) in [5, 5.41) is 9.00. The number of hydrogen-bond donors (Lipinski definition) is 1. The van der Waals surface area contributed by atoms with Gasteiger partial charge in [-0.2, -0.15) is 4.98 Å². The van der Waals surface area contributed by atoms with Crippen molar-refractivity contribution >= 4 is 17.2 Å². The number of hydrogen-bond acceptors (Lipinski definition) is 7. The van der Waals surface area contributed by atoms with Gasteiger partial charge in [-0.05, 0) is 54.6 Å². The van der Waals surface area contributed by atoms with Crippen LogP contribution in [0.5, 0.6) is 5.75 Å². The van der Waals surface area contributed by atoms with E-state index in [2.05, 4.69) is 56.9 Å². The maximum atomic E-state index is 12.3. The monoisotopic (exact) mass is 476 g/mol. The van der Waals surface area contributed by atoms with E-state index in [1.54, 1.807) is 30.6 Å². The zero-order valence-electron chi connectivity index (χ0n) is 19.3. The van der Waals surface area contributed by atoms with E-state index in [0.717, 1.165) is 18.7 Å². The fourth-order valence-electron chi connectivity index (χ4n) is 3.63. The molecule has 0 unspecified atom stereocenters. The molecule has 1 N–H and O–H groups in total. The fraction of sp³-hybridized carbons (Fsp3) is 0.269. The van der Waals surface area contributed by atoms with Crippen LogP contribution in [0.25, 0.3) is 0 Å². The molecule has 0 aliphatic carbocycles. The predicted molar refractivity (Wildman–Crippen MR) is 132 cm³/mol. The van der Waals surface area contributed by atoms with Crippen LogP contribution in [0.4, 0.5) is 0 Å². The number of thiophene rings is 1. The maximum absolute atomic E-state index is 12.3. The molecule has 0 radical (unpaired) electrons. The molecule has 1 atom stereocenters. The summed E-state index contributed by atoms with van der Waals surface area (Å²) in [5.41, 5.74) is 1.77. The molecule has 0 bridgehead atoms. The zero-order valence-corrected chi connectivity index (χ0v) is 20.1. The molecule has 4 rings (SSSR count). The number of methoxy groups -OCH3 is 1. The molecule has 8 heteroatoms. The second kappa shape index (κ2) is 11.6. The van der Waals surface area contributed by atoms with Crippen molar-refractivity contribution in [1.82, 2.24) is 20.4 Å². The zero-order chi connectivity index (χ0) is 23.8. The molecule has 0 spiro atoms. The van der Waals surface area contributed by atoms with Crippen LogP contribution in [0, 0.1) is 0 Å². The summed E-state index contributed by atoms with van der Waals surface area (Å²) in [6.07, 6.45) is 0.932. The van der Waals surface area contributed by atoms with Gasteiger partial charge >= 0.3 is 0 Å². The summed E-state index contributed by atoms with van der Waals surface area (Å²) in [4.78, 5) is 20.4. The summed E-state index contributed by atoms with van der Waals surface area (Å²) in [6, 6.07) is 21.6. The van der Waals surface area contributed by atoms with Gasteiger partial charge in [0.1, 0.15) is 5.75 Å². The van der Waals surface area contributed by atoms with E-state index in [1.165, 1.54) is 10.4 Å². The molecule has 176 valence electrons. The van der Waals surface area contributed by atoms with Gasteiger partial charge < -0.3 is 14.6 Å². The Bertz CT molecular complexity index is 1160. The Labute approximate surface area is 203 Å². The Balaban J connectivity index is 1.41. The van der Waals surface area contributed by atoms with Gasteiger partial charge in [0, 0.05) is 23.0 Å². The van der Waals surface area contributed by atoms with Crippen LogP contribution < -0.4 is 10.1 Å². The van der Waals surface area contributed by atoms with Crippen LogP contribution in [0.1, 0.15) is 39.4 Å². The third kappa shape index (κ3) is 6.52. The molecule has 0 aliphatic rings. The number of carbonyl (C=O) groups excluding carboxylic acids is 1. The smallest absolute Gasteiger partial charge is 0.251 e. The number of benzene rings is 2. The first kappa shape index (κ1) is 23.7. The number of carbonyl (C=O) groups is 1. The lowest BCUT2D eigenvalue weighted by atomic mass is 10.1. The first-order valence-electron chi connectivity index (χ1n) is 11.1. The summed E-state index contributed by atoms with van der Waals surface area (Å²) in [5.74, 6) is 1.64. The first-order valence-corrected chi connectivity index (χ1v) is 12.0. The lowest BCUT2D eigenvalue weighted by molar-refractivity contribution is 0.0949. The minimum absolute atomic E-state index is 0.169. The summed E-state index contributed by atoms with van der Waals surface area (Å²) in [6.45, 7) is 3.66. The number of nitrogens with zero attached hydrogens (tertiary/aromatic N) is 3. The van der Waals surface area contributed by atoms with Crippen molar-refractivity contribution in [2.45, 2.75) is 39.0 Å². The van der Waals surface area contributed by atoms with Gasteiger partial charge in [0.15, 0.2) is 5.82 Å². The predicted octanol–water partition coefficient (Wildman–Crippen LogP) is 4.70. The van der Waals surface area contributed by atoms with E-state index in [-0.39, 0.29) is 18.5 Å². The van der Waals surface area contributed by atoms with Gasteiger partial charge in [-0.1, -0.05) is 41.6 Å². The van der Waals surface area contributed by atoms with Gasteiger partial charge in [0.2, 0.25) is 5.89 Å². The SMILES string of the molecule is COc1ccc(CN(Cc2nc(CNC(=O)c3ccccc3)no2)[C@H](C)Cc2cccs2)cc1. The highest BCUT2D eigenvalue weighted by atomic mass is 32.1. The average Bonchev–Trinajstić information content (AvgIpc) is 3.55. The van der Waals surface area contributed by atoms with Crippen molar-refractivity contribution < 1.29 is 14.1 Å². The van der Waals surface area contributed by atoms with Crippen LogP contribution in [0.15, 0.2) is 76.6 Å². The van der Waals surface area contributed by atoms with Crippen molar-refractivity contribution in [3.8, 4) is 5.75 Å². The average molecular weight is 477 g/mol. The van der Waals surface area contributed by atoms with Gasteiger partial charge in [-0.25, -0.2) is 0 Å². The third-order valence-corrected chi connectivity index (χ3v) is 6.44. The summed E-state index contributed by atoms with van der Waals surface area (Å²) < 4.78 is 10.8. The molecule has 1 amide bonds. The Morgan fingerprint density at radius 2 is 1.88 bits per heavy atom. The molecular formula is C26H28N4O3S. The van der Waals surface area contributed by atoms with Gasteiger partial charge in [-0.15, -0.1) is 11.3 Å². The Morgan fingerprint density at radius 3 is 2.59 bits per heavy atom. The number of rotatable bonds is 11. The number of aromatic nitrogens is 2. The topological polar surface area (TPSA) is 80.5 Å². The minimum atomic E-state index is -0.169. The normalized spacial score (nSPS) is 12.0. The molecule has 0 aliphatic heterocycles. The summed E-state index contributed by atoms with van der Waals surface area (Å²) in [7, 11) is 1.67. The van der Waals surface area contributed by atoms with Crippen molar-refractivity contribution in [1.29, 1.82) is 0 Å². The van der Waals surface area contributed by atoms with E-state index in [4.69, 9.17) is 9.26 Å². The Morgan fingerprint density at radius 1 is 1.09 bits per heavy atom. The molecule has 0 saturated carbocycles.